The van der Waals surface area contributed by atoms with Gasteiger partial charge in [-0.1, -0.05) is 30.8 Å². The van der Waals surface area contributed by atoms with Crippen molar-refractivity contribution in [3.8, 4) is 11.5 Å². The summed E-state index contributed by atoms with van der Waals surface area (Å²) < 4.78 is 26.0. The van der Waals surface area contributed by atoms with E-state index in [4.69, 9.17) is 9.47 Å². The smallest absolute Gasteiger partial charge is 0.315 e. The third-order valence-corrected chi connectivity index (χ3v) is 5.39. The number of nitrogens with zero attached hydrogens (tertiary/aromatic N) is 5. The molecule has 0 bridgehead atoms. The van der Waals surface area contributed by atoms with E-state index < -0.39 is 4.92 Å². The minimum Gasteiger partial charge on any atom is -0.493 e. The van der Waals surface area contributed by atoms with Crippen molar-refractivity contribution in [2.45, 2.75) is 44.2 Å². The second-order valence-electron chi connectivity index (χ2n) is 7.22. The Balaban J connectivity index is 1.91. The molecule has 0 saturated heterocycles. The van der Waals surface area contributed by atoms with E-state index in [-0.39, 0.29) is 29.1 Å². The van der Waals surface area contributed by atoms with Gasteiger partial charge in [-0.2, -0.15) is 9.78 Å². The van der Waals surface area contributed by atoms with Crippen LogP contribution in [0.5, 0.6) is 11.5 Å². The van der Waals surface area contributed by atoms with Gasteiger partial charge in [0.15, 0.2) is 11.6 Å². The van der Waals surface area contributed by atoms with Gasteiger partial charge < -0.3 is 9.47 Å². The van der Waals surface area contributed by atoms with Crippen LogP contribution >= 0.6 is 11.8 Å². The van der Waals surface area contributed by atoms with E-state index in [2.05, 4.69) is 15.3 Å². The highest BCUT2D eigenvalue weighted by atomic mass is 32.2. The van der Waals surface area contributed by atoms with Crippen molar-refractivity contribution in [3.05, 3.63) is 69.3 Å². The first-order chi connectivity index (χ1) is 15.8. The lowest BCUT2D eigenvalue weighted by atomic mass is 10.2. The molecule has 1 aromatic heterocycles. The number of methoxy groups -OCH3 is 1. The van der Waals surface area contributed by atoms with E-state index >= 15 is 0 Å². The monoisotopic (exact) mass is 473 g/mol. The Morgan fingerprint density at radius 3 is 2.73 bits per heavy atom. The lowest BCUT2D eigenvalue weighted by Gasteiger charge is -2.14. The molecule has 1 heterocycles. The van der Waals surface area contributed by atoms with Gasteiger partial charge in [0.05, 0.1) is 24.4 Å². The Bertz CT molecular complexity index is 1170. The predicted octanol–water partition coefficient (Wildman–Crippen LogP) is 4.86. The van der Waals surface area contributed by atoms with Gasteiger partial charge in [-0.25, -0.2) is 4.39 Å². The number of ether oxygens (including phenoxy) is 2. The maximum absolute atomic E-state index is 13.5. The van der Waals surface area contributed by atoms with Gasteiger partial charge in [0.1, 0.15) is 5.82 Å². The van der Waals surface area contributed by atoms with Crippen LogP contribution in [0.4, 0.5) is 10.1 Å². The molecule has 0 unspecified atom stereocenters. The van der Waals surface area contributed by atoms with Crippen LogP contribution in [0.3, 0.4) is 0 Å². The van der Waals surface area contributed by atoms with Gasteiger partial charge in [0.25, 0.3) is 0 Å². The van der Waals surface area contributed by atoms with Crippen LogP contribution in [0.15, 0.2) is 46.7 Å². The molecule has 2 aromatic carbocycles. The zero-order valence-electron chi connectivity index (χ0n) is 18.7. The molecule has 0 aliphatic carbocycles. The maximum atomic E-state index is 13.5. The molecular formula is C22H24FN5O4S. The number of benzene rings is 2. The van der Waals surface area contributed by atoms with Crippen molar-refractivity contribution >= 4 is 23.7 Å². The van der Waals surface area contributed by atoms with Gasteiger partial charge in [-0.15, -0.1) is 10.2 Å². The quantitative estimate of drug-likeness (QED) is 0.179. The Morgan fingerprint density at radius 1 is 1.30 bits per heavy atom. The van der Waals surface area contributed by atoms with Crippen LogP contribution in [-0.2, 0) is 12.2 Å². The summed E-state index contributed by atoms with van der Waals surface area (Å²) in [7, 11) is 1.42. The minimum atomic E-state index is -0.520. The molecule has 0 fully saturated rings. The molecule has 11 heteroatoms. The van der Waals surface area contributed by atoms with E-state index in [1.54, 1.807) is 30.7 Å². The fourth-order valence-corrected chi connectivity index (χ4v) is 3.79. The SMILES string of the molecule is CCc1nnc(SCc2cccc(F)c2)n1/N=C\c1cc(OC)c(OC(C)C)c([N+](=O)[O-])c1. The summed E-state index contributed by atoms with van der Waals surface area (Å²) in [6, 6.07) is 9.32. The fraction of sp³-hybridized carbons (Fsp3) is 0.318. The van der Waals surface area contributed by atoms with Gasteiger partial charge >= 0.3 is 5.69 Å². The van der Waals surface area contributed by atoms with E-state index in [9.17, 15) is 14.5 Å². The molecule has 174 valence electrons. The number of aromatic nitrogens is 3. The minimum absolute atomic E-state index is 0.0690. The van der Waals surface area contributed by atoms with Crippen LogP contribution in [0.25, 0.3) is 0 Å². The number of thioether (sulfide) groups is 1. The van der Waals surface area contributed by atoms with Gasteiger partial charge in [-0.3, -0.25) is 10.1 Å². The summed E-state index contributed by atoms with van der Waals surface area (Å²) in [4.78, 5) is 11.1. The Hall–Kier alpha value is -3.47. The van der Waals surface area contributed by atoms with Gasteiger partial charge in [-0.05, 0) is 37.6 Å². The summed E-state index contributed by atoms with van der Waals surface area (Å²) >= 11 is 1.36. The van der Waals surface area contributed by atoms with Gasteiger partial charge in [0, 0.05) is 23.8 Å². The maximum Gasteiger partial charge on any atom is 0.315 e. The van der Waals surface area contributed by atoms with Crippen molar-refractivity contribution in [1.82, 2.24) is 14.9 Å². The van der Waals surface area contributed by atoms with Crippen molar-refractivity contribution in [2.75, 3.05) is 7.11 Å². The first-order valence-electron chi connectivity index (χ1n) is 10.2. The normalized spacial score (nSPS) is 11.3. The first kappa shape index (κ1) is 24.2. The van der Waals surface area contributed by atoms with E-state index in [0.717, 1.165) is 5.56 Å². The molecule has 0 N–H and O–H groups in total. The number of halogens is 1. The third-order valence-electron chi connectivity index (χ3n) is 4.40. The summed E-state index contributed by atoms with van der Waals surface area (Å²) in [6.07, 6.45) is 1.79. The number of aryl methyl sites for hydroxylation is 1. The Morgan fingerprint density at radius 2 is 2.09 bits per heavy atom. The summed E-state index contributed by atoms with van der Waals surface area (Å²) in [5, 5.41) is 24.9. The number of hydrogen-bond acceptors (Lipinski definition) is 8. The zero-order chi connectivity index (χ0) is 24.0. The molecular weight excluding hydrogens is 449 g/mol. The average molecular weight is 474 g/mol. The van der Waals surface area contributed by atoms with Crippen LogP contribution < -0.4 is 9.47 Å². The van der Waals surface area contributed by atoms with Crippen molar-refractivity contribution in [1.29, 1.82) is 0 Å². The van der Waals surface area contributed by atoms with Crippen LogP contribution in [0.1, 0.15) is 37.7 Å². The number of hydrogen-bond donors (Lipinski definition) is 0. The molecule has 0 spiro atoms. The average Bonchev–Trinajstić information content (AvgIpc) is 3.18. The van der Waals surface area contributed by atoms with Crippen molar-refractivity contribution < 1.29 is 18.8 Å². The number of nitro benzene ring substituents is 1. The topological polar surface area (TPSA) is 105 Å². The van der Waals surface area contributed by atoms with Crippen LogP contribution in [0.2, 0.25) is 0 Å². The van der Waals surface area contributed by atoms with E-state index in [1.165, 1.54) is 43.3 Å². The van der Waals surface area contributed by atoms with Gasteiger partial charge in [0.2, 0.25) is 10.9 Å². The van der Waals surface area contributed by atoms with E-state index in [0.29, 0.717) is 28.7 Å². The van der Waals surface area contributed by atoms with Crippen molar-refractivity contribution in [2.24, 2.45) is 5.10 Å². The molecule has 0 saturated carbocycles. The van der Waals surface area contributed by atoms with Crippen LogP contribution in [-0.4, -0.2) is 39.2 Å². The van der Waals surface area contributed by atoms with E-state index in [1.807, 2.05) is 13.0 Å². The molecule has 0 atom stereocenters. The molecule has 3 rings (SSSR count). The molecule has 3 aromatic rings. The number of rotatable bonds is 10. The lowest BCUT2D eigenvalue weighted by molar-refractivity contribution is -0.386. The Labute approximate surface area is 194 Å². The molecule has 33 heavy (non-hydrogen) atoms. The second kappa shape index (κ2) is 10.9. The molecule has 0 aliphatic rings. The Kier molecular flexibility index (Phi) is 7.99. The highest BCUT2D eigenvalue weighted by Gasteiger charge is 2.23. The second-order valence-corrected chi connectivity index (χ2v) is 8.16. The highest BCUT2D eigenvalue weighted by molar-refractivity contribution is 7.98. The largest absolute Gasteiger partial charge is 0.493 e. The molecule has 9 nitrogen and oxygen atoms in total. The highest BCUT2D eigenvalue weighted by Crippen LogP contribution is 2.38. The summed E-state index contributed by atoms with van der Waals surface area (Å²) in [5.41, 5.74) is 1.04. The first-order valence-corrected chi connectivity index (χ1v) is 11.2. The standard InChI is InChI=1S/C22H24FN5O4S/c1-5-20-25-26-22(33-13-15-7-6-8-17(23)9-15)27(20)24-12-16-10-18(28(29)30)21(32-14(2)3)19(11-16)31-4/h6-12,14H,5,13H2,1-4H3/b24-12-. The lowest BCUT2D eigenvalue weighted by Crippen LogP contribution is -2.09. The zero-order valence-corrected chi connectivity index (χ0v) is 19.5. The molecule has 0 amide bonds. The number of nitro groups is 1. The third kappa shape index (κ3) is 6.07. The molecule has 0 radical (unpaired) electrons. The van der Waals surface area contributed by atoms with Crippen LogP contribution in [0, 0.1) is 15.9 Å². The summed E-state index contributed by atoms with van der Waals surface area (Å²) in [5.74, 6) is 1.10. The predicted molar refractivity (Wildman–Crippen MR) is 124 cm³/mol. The molecule has 0 aliphatic heterocycles. The fourth-order valence-electron chi connectivity index (χ4n) is 2.95. The summed E-state index contributed by atoms with van der Waals surface area (Å²) in [6.45, 7) is 5.47. The van der Waals surface area contributed by atoms with Crippen molar-refractivity contribution in [3.63, 3.8) is 0 Å².